The number of hydrogen-bond acceptors (Lipinski definition) is 5. The summed E-state index contributed by atoms with van der Waals surface area (Å²) >= 11 is 5.87. The van der Waals surface area contributed by atoms with Crippen LogP contribution < -0.4 is 0 Å². The second-order valence-corrected chi connectivity index (χ2v) is 8.06. The van der Waals surface area contributed by atoms with Gasteiger partial charge in [0.05, 0.1) is 29.5 Å². The fraction of sp³-hybridized carbons (Fsp3) is 0.571. The summed E-state index contributed by atoms with van der Waals surface area (Å²) in [6, 6.07) is 6.10. The molecule has 0 bridgehead atoms. The van der Waals surface area contributed by atoms with Crippen LogP contribution in [-0.4, -0.2) is 43.9 Å². The normalized spacial score (nSPS) is 28.9. The Hall–Kier alpha value is -0.660. The second kappa shape index (κ2) is 5.52. The minimum atomic E-state index is -3.69. The molecule has 2 atom stereocenters. The van der Waals surface area contributed by atoms with Crippen LogP contribution in [-0.2, 0) is 19.3 Å². The van der Waals surface area contributed by atoms with Crippen molar-refractivity contribution in [1.82, 2.24) is 0 Å². The molecule has 3 rings (SSSR count). The molecule has 1 heterocycles. The molecule has 1 aromatic rings. The third-order valence-corrected chi connectivity index (χ3v) is 6.52. The molecule has 1 N–H and O–H groups in total. The summed E-state index contributed by atoms with van der Waals surface area (Å²) < 4.78 is 36.7. The Morgan fingerprint density at radius 2 is 2.00 bits per heavy atom. The molecule has 2 fully saturated rings. The Labute approximate surface area is 128 Å². The quantitative estimate of drug-likeness (QED) is 0.893. The zero-order valence-corrected chi connectivity index (χ0v) is 12.9. The molecule has 1 saturated heterocycles. The van der Waals surface area contributed by atoms with Gasteiger partial charge in [-0.3, -0.25) is 0 Å². The monoisotopic (exact) mass is 332 g/mol. The van der Waals surface area contributed by atoms with Crippen LogP contribution in [0.3, 0.4) is 0 Å². The Morgan fingerprint density at radius 3 is 2.67 bits per heavy atom. The number of sulfone groups is 1. The lowest BCUT2D eigenvalue weighted by molar-refractivity contribution is -0.186. The SMILES string of the molecule is O=S(=O)(c1cccc(Cl)c1)C1CC2(CCC1O)OCCO2. The molecule has 21 heavy (non-hydrogen) atoms. The number of halogens is 1. The predicted molar refractivity (Wildman–Crippen MR) is 76.9 cm³/mol. The van der Waals surface area contributed by atoms with Crippen molar-refractivity contribution in [3.8, 4) is 0 Å². The van der Waals surface area contributed by atoms with Gasteiger partial charge in [-0.1, -0.05) is 17.7 Å². The van der Waals surface area contributed by atoms with Crippen LogP contribution in [0.4, 0.5) is 0 Å². The molecule has 1 spiro atoms. The largest absolute Gasteiger partial charge is 0.392 e. The fourth-order valence-electron chi connectivity index (χ4n) is 2.99. The topological polar surface area (TPSA) is 72.8 Å². The molecule has 1 aromatic carbocycles. The minimum absolute atomic E-state index is 0.120. The highest BCUT2D eigenvalue weighted by Crippen LogP contribution is 2.40. The van der Waals surface area contributed by atoms with Crippen LogP contribution in [0.2, 0.25) is 5.02 Å². The highest BCUT2D eigenvalue weighted by molar-refractivity contribution is 7.92. The summed E-state index contributed by atoms with van der Waals surface area (Å²) in [5, 5.41) is 9.57. The lowest BCUT2D eigenvalue weighted by Gasteiger charge is -2.38. The maximum atomic E-state index is 12.8. The van der Waals surface area contributed by atoms with E-state index in [0.717, 1.165) is 0 Å². The zero-order valence-electron chi connectivity index (χ0n) is 11.4. The predicted octanol–water partition coefficient (Wildman–Crippen LogP) is 1.77. The number of hydrogen-bond donors (Lipinski definition) is 1. The summed E-state index contributed by atoms with van der Waals surface area (Å²) in [4.78, 5) is 0.120. The molecule has 2 aliphatic rings. The Balaban J connectivity index is 1.93. The van der Waals surface area contributed by atoms with Gasteiger partial charge in [-0.25, -0.2) is 8.42 Å². The Bertz CT molecular complexity index is 624. The molecular formula is C14H17ClO5S. The van der Waals surface area contributed by atoms with Crippen molar-refractivity contribution in [2.24, 2.45) is 0 Å². The molecule has 116 valence electrons. The maximum Gasteiger partial charge on any atom is 0.184 e. The van der Waals surface area contributed by atoms with E-state index in [1.165, 1.54) is 12.1 Å². The van der Waals surface area contributed by atoms with Crippen LogP contribution in [0, 0.1) is 0 Å². The molecule has 1 aliphatic carbocycles. The maximum absolute atomic E-state index is 12.8. The van der Waals surface area contributed by atoms with Gasteiger partial charge in [0.2, 0.25) is 0 Å². The average molecular weight is 333 g/mol. The van der Waals surface area contributed by atoms with E-state index < -0.39 is 27.0 Å². The molecule has 0 amide bonds. The number of ether oxygens (including phenoxy) is 2. The van der Waals surface area contributed by atoms with Crippen molar-refractivity contribution in [3.63, 3.8) is 0 Å². The van der Waals surface area contributed by atoms with E-state index in [1.54, 1.807) is 12.1 Å². The fourth-order valence-corrected chi connectivity index (χ4v) is 5.18. The lowest BCUT2D eigenvalue weighted by Crippen LogP contribution is -2.48. The van der Waals surface area contributed by atoms with Crippen molar-refractivity contribution in [2.75, 3.05) is 13.2 Å². The second-order valence-electron chi connectivity index (χ2n) is 5.46. The first-order valence-corrected chi connectivity index (χ1v) is 8.81. The average Bonchev–Trinajstić information content (AvgIpc) is 2.90. The highest BCUT2D eigenvalue weighted by atomic mass is 35.5. The standard InChI is InChI=1S/C14H17ClO5S/c15-10-2-1-3-11(8-10)21(17,18)13-9-14(5-4-12(13)16)19-6-7-20-14/h1-3,8,12-13,16H,4-7,9H2. The van der Waals surface area contributed by atoms with Crippen molar-refractivity contribution < 1.29 is 23.0 Å². The first-order chi connectivity index (χ1) is 9.93. The molecule has 1 aliphatic heterocycles. The van der Waals surface area contributed by atoms with Crippen molar-refractivity contribution in [2.45, 2.75) is 41.3 Å². The molecule has 1 saturated carbocycles. The van der Waals surface area contributed by atoms with E-state index >= 15 is 0 Å². The first kappa shape index (κ1) is 15.2. The van der Waals surface area contributed by atoms with E-state index in [0.29, 0.717) is 31.1 Å². The minimum Gasteiger partial charge on any atom is -0.392 e. The van der Waals surface area contributed by atoms with Crippen molar-refractivity contribution >= 4 is 21.4 Å². The van der Waals surface area contributed by atoms with Crippen molar-refractivity contribution in [3.05, 3.63) is 29.3 Å². The molecular weight excluding hydrogens is 316 g/mol. The smallest absolute Gasteiger partial charge is 0.184 e. The number of benzene rings is 1. The summed E-state index contributed by atoms with van der Waals surface area (Å²) in [5.74, 6) is -0.866. The van der Waals surface area contributed by atoms with Gasteiger partial charge in [-0.15, -0.1) is 0 Å². The van der Waals surface area contributed by atoms with Gasteiger partial charge in [0.25, 0.3) is 0 Å². The van der Waals surface area contributed by atoms with Crippen molar-refractivity contribution in [1.29, 1.82) is 0 Å². The van der Waals surface area contributed by atoms with E-state index in [9.17, 15) is 13.5 Å². The number of aliphatic hydroxyl groups excluding tert-OH is 1. The van der Waals surface area contributed by atoms with Crippen LogP contribution in [0.1, 0.15) is 19.3 Å². The van der Waals surface area contributed by atoms with Crippen LogP contribution in [0.5, 0.6) is 0 Å². The van der Waals surface area contributed by atoms with E-state index in [4.69, 9.17) is 21.1 Å². The number of aliphatic hydroxyl groups is 1. The van der Waals surface area contributed by atoms with Gasteiger partial charge in [-0.2, -0.15) is 0 Å². The third kappa shape index (κ3) is 2.83. The van der Waals surface area contributed by atoms with Crippen LogP contribution >= 0.6 is 11.6 Å². The van der Waals surface area contributed by atoms with Crippen LogP contribution in [0.25, 0.3) is 0 Å². The van der Waals surface area contributed by atoms with Crippen LogP contribution in [0.15, 0.2) is 29.2 Å². The van der Waals surface area contributed by atoms with Gasteiger partial charge in [0, 0.05) is 17.9 Å². The summed E-state index contributed by atoms with van der Waals surface area (Å²) in [5.41, 5.74) is 0. The summed E-state index contributed by atoms with van der Waals surface area (Å²) in [6.07, 6.45) is 0.0656. The van der Waals surface area contributed by atoms with Gasteiger partial charge in [0.15, 0.2) is 15.6 Å². The Morgan fingerprint density at radius 1 is 1.29 bits per heavy atom. The lowest BCUT2D eigenvalue weighted by atomic mass is 9.91. The molecule has 5 nitrogen and oxygen atoms in total. The summed E-state index contributed by atoms with van der Waals surface area (Å²) in [6.45, 7) is 0.917. The first-order valence-electron chi connectivity index (χ1n) is 6.88. The summed E-state index contributed by atoms with van der Waals surface area (Å²) in [7, 11) is -3.69. The molecule has 0 aromatic heterocycles. The molecule has 7 heteroatoms. The number of rotatable bonds is 2. The Kier molecular flexibility index (Phi) is 4.00. The highest BCUT2D eigenvalue weighted by Gasteiger charge is 2.49. The van der Waals surface area contributed by atoms with E-state index in [-0.39, 0.29) is 11.3 Å². The van der Waals surface area contributed by atoms with Gasteiger partial charge < -0.3 is 14.6 Å². The zero-order chi connectivity index (χ0) is 15.1. The van der Waals surface area contributed by atoms with Gasteiger partial charge >= 0.3 is 0 Å². The van der Waals surface area contributed by atoms with E-state index in [1.807, 2.05) is 0 Å². The molecule has 2 unspecified atom stereocenters. The molecule has 0 radical (unpaired) electrons. The van der Waals surface area contributed by atoms with Gasteiger partial charge in [-0.05, 0) is 24.6 Å². The van der Waals surface area contributed by atoms with E-state index in [2.05, 4.69) is 0 Å². The van der Waals surface area contributed by atoms with Gasteiger partial charge in [0.1, 0.15) is 0 Å². The third-order valence-electron chi connectivity index (χ3n) is 4.10.